The number of thiazole rings is 1. The van der Waals surface area contributed by atoms with E-state index in [4.69, 9.17) is 0 Å². The van der Waals surface area contributed by atoms with Gasteiger partial charge in [-0.3, -0.25) is 9.69 Å². The predicted molar refractivity (Wildman–Crippen MR) is 88.1 cm³/mol. The molecule has 0 spiro atoms. The Labute approximate surface area is 129 Å². The molecule has 112 valence electrons. The van der Waals surface area contributed by atoms with Crippen molar-refractivity contribution in [3.8, 4) is 0 Å². The Morgan fingerprint density at radius 2 is 2.05 bits per heavy atom. The lowest BCUT2D eigenvalue weighted by atomic mass is 10.0. The zero-order valence-corrected chi connectivity index (χ0v) is 13.3. The third kappa shape index (κ3) is 3.44. The molecule has 4 heteroatoms. The van der Waals surface area contributed by atoms with Crippen molar-refractivity contribution < 1.29 is 0 Å². The maximum absolute atomic E-state index is 11.8. The van der Waals surface area contributed by atoms with E-state index in [-0.39, 0.29) is 4.87 Å². The first kappa shape index (κ1) is 14.5. The molecule has 1 aromatic carbocycles. The summed E-state index contributed by atoms with van der Waals surface area (Å²) in [5.74, 6) is 0. The standard InChI is InChI=1S/C17H22N2OS/c1-14-13-21-17(20)19(14)11-10-18-9-5-8-16(18)12-15-6-3-2-4-7-15/h2-4,6-7,13,16H,5,8-12H2,1H3. The van der Waals surface area contributed by atoms with Gasteiger partial charge in [-0.05, 0) is 38.3 Å². The highest BCUT2D eigenvalue weighted by molar-refractivity contribution is 7.07. The molecular weight excluding hydrogens is 280 g/mol. The molecule has 2 aromatic rings. The Hall–Kier alpha value is -1.39. The van der Waals surface area contributed by atoms with Gasteiger partial charge in [-0.15, -0.1) is 0 Å². The minimum absolute atomic E-state index is 0.173. The maximum atomic E-state index is 11.8. The number of benzene rings is 1. The second kappa shape index (κ2) is 6.58. The van der Waals surface area contributed by atoms with Crippen LogP contribution in [0.4, 0.5) is 0 Å². The van der Waals surface area contributed by atoms with Crippen LogP contribution in [0.2, 0.25) is 0 Å². The predicted octanol–water partition coefficient (Wildman–Crippen LogP) is 2.93. The number of hydrogen-bond acceptors (Lipinski definition) is 3. The van der Waals surface area contributed by atoms with Crippen LogP contribution in [0.1, 0.15) is 24.1 Å². The van der Waals surface area contributed by atoms with Gasteiger partial charge in [0.2, 0.25) is 0 Å². The van der Waals surface area contributed by atoms with Gasteiger partial charge in [-0.25, -0.2) is 0 Å². The Balaban J connectivity index is 1.61. The lowest BCUT2D eigenvalue weighted by Crippen LogP contribution is -2.35. The molecule has 3 rings (SSSR count). The van der Waals surface area contributed by atoms with Crippen LogP contribution in [-0.2, 0) is 13.0 Å². The Morgan fingerprint density at radius 1 is 1.24 bits per heavy atom. The van der Waals surface area contributed by atoms with E-state index in [1.807, 2.05) is 16.9 Å². The minimum Gasteiger partial charge on any atom is -0.302 e. The van der Waals surface area contributed by atoms with Crippen LogP contribution in [0, 0.1) is 6.92 Å². The zero-order chi connectivity index (χ0) is 14.7. The zero-order valence-electron chi connectivity index (χ0n) is 12.5. The van der Waals surface area contributed by atoms with Crippen molar-refractivity contribution in [3.05, 3.63) is 56.6 Å². The second-order valence-electron chi connectivity index (χ2n) is 5.82. The minimum atomic E-state index is 0.173. The van der Waals surface area contributed by atoms with Crippen LogP contribution in [0.3, 0.4) is 0 Å². The quantitative estimate of drug-likeness (QED) is 0.848. The summed E-state index contributed by atoms with van der Waals surface area (Å²) >= 11 is 1.31. The summed E-state index contributed by atoms with van der Waals surface area (Å²) in [5, 5.41) is 1.95. The fraction of sp³-hybridized carbons (Fsp3) is 0.471. The number of likely N-dealkylation sites (tertiary alicyclic amines) is 1. The summed E-state index contributed by atoms with van der Waals surface area (Å²) < 4.78 is 1.91. The Morgan fingerprint density at radius 3 is 2.76 bits per heavy atom. The summed E-state index contributed by atoms with van der Waals surface area (Å²) in [6.45, 7) is 4.98. The Kier molecular flexibility index (Phi) is 4.56. The van der Waals surface area contributed by atoms with Crippen molar-refractivity contribution in [2.75, 3.05) is 13.1 Å². The molecule has 1 saturated heterocycles. The average Bonchev–Trinajstić information content (AvgIpc) is 3.06. The summed E-state index contributed by atoms with van der Waals surface area (Å²) in [7, 11) is 0. The van der Waals surface area contributed by atoms with E-state index in [2.05, 4.69) is 35.2 Å². The van der Waals surface area contributed by atoms with Crippen molar-refractivity contribution in [3.63, 3.8) is 0 Å². The lowest BCUT2D eigenvalue weighted by molar-refractivity contribution is 0.241. The normalized spacial score (nSPS) is 19.2. The van der Waals surface area contributed by atoms with Crippen LogP contribution in [0.15, 0.2) is 40.5 Å². The molecule has 0 amide bonds. The van der Waals surface area contributed by atoms with E-state index in [0.717, 1.165) is 31.7 Å². The van der Waals surface area contributed by atoms with Gasteiger partial charge in [0.15, 0.2) is 0 Å². The van der Waals surface area contributed by atoms with Crippen LogP contribution >= 0.6 is 11.3 Å². The molecule has 1 unspecified atom stereocenters. The van der Waals surface area contributed by atoms with Gasteiger partial charge >= 0.3 is 4.87 Å². The number of aromatic nitrogens is 1. The van der Waals surface area contributed by atoms with E-state index in [0.29, 0.717) is 6.04 Å². The molecule has 1 fully saturated rings. The molecule has 0 N–H and O–H groups in total. The van der Waals surface area contributed by atoms with Crippen LogP contribution in [0.25, 0.3) is 0 Å². The third-order valence-electron chi connectivity index (χ3n) is 4.40. The monoisotopic (exact) mass is 302 g/mol. The van der Waals surface area contributed by atoms with E-state index in [1.54, 1.807) is 0 Å². The van der Waals surface area contributed by atoms with Crippen molar-refractivity contribution >= 4 is 11.3 Å². The molecule has 0 radical (unpaired) electrons. The van der Waals surface area contributed by atoms with E-state index < -0.39 is 0 Å². The van der Waals surface area contributed by atoms with Crippen LogP contribution in [0.5, 0.6) is 0 Å². The molecule has 21 heavy (non-hydrogen) atoms. The molecule has 1 atom stereocenters. The lowest BCUT2D eigenvalue weighted by Gasteiger charge is -2.24. The van der Waals surface area contributed by atoms with E-state index in [1.165, 1.54) is 29.7 Å². The molecule has 0 saturated carbocycles. The molecule has 3 nitrogen and oxygen atoms in total. The van der Waals surface area contributed by atoms with Crippen LogP contribution < -0.4 is 4.87 Å². The topological polar surface area (TPSA) is 25.2 Å². The van der Waals surface area contributed by atoms with E-state index >= 15 is 0 Å². The summed E-state index contributed by atoms with van der Waals surface area (Å²) in [5.41, 5.74) is 2.50. The summed E-state index contributed by atoms with van der Waals surface area (Å²) in [6, 6.07) is 11.4. The van der Waals surface area contributed by atoms with E-state index in [9.17, 15) is 4.79 Å². The Bertz CT molecular complexity index is 632. The van der Waals surface area contributed by atoms with Crippen LogP contribution in [-0.4, -0.2) is 28.6 Å². The highest BCUT2D eigenvalue weighted by Crippen LogP contribution is 2.21. The third-order valence-corrected chi connectivity index (χ3v) is 5.28. The number of nitrogens with zero attached hydrogens (tertiary/aromatic N) is 2. The van der Waals surface area contributed by atoms with Gasteiger partial charge in [0.05, 0.1) is 0 Å². The molecule has 1 aromatic heterocycles. The first-order valence-corrected chi connectivity index (χ1v) is 8.55. The number of aryl methyl sites for hydroxylation is 1. The summed E-state index contributed by atoms with van der Waals surface area (Å²) in [4.78, 5) is 14.5. The molecule has 1 aliphatic heterocycles. The fourth-order valence-electron chi connectivity index (χ4n) is 3.21. The highest BCUT2D eigenvalue weighted by Gasteiger charge is 2.24. The van der Waals surface area contributed by atoms with Crippen molar-refractivity contribution in [2.45, 2.75) is 38.8 Å². The molecule has 0 aliphatic carbocycles. The van der Waals surface area contributed by atoms with Crippen molar-refractivity contribution in [2.24, 2.45) is 0 Å². The van der Waals surface area contributed by atoms with Gasteiger partial charge in [-0.1, -0.05) is 41.7 Å². The molecular formula is C17H22N2OS. The smallest absolute Gasteiger partial charge is 0.302 e. The van der Waals surface area contributed by atoms with Crippen molar-refractivity contribution in [1.82, 2.24) is 9.47 Å². The van der Waals surface area contributed by atoms with Gasteiger partial charge in [0.25, 0.3) is 0 Å². The van der Waals surface area contributed by atoms with Gasteiger partial charge in [0.1, 0.15) is 0 Å². The second-order valence-corrected chi connectivity index (χ2v) is 6.64. The van der Waals surface area contributed by atoms with Crippen molar-refractivity contribution in [1.29, 1.82) is 0 Å². The maximum Gasteiger partial charge on any atom is 0.307 e. The fourth-order valence-corrected chi connectivity index (χ4v) is 3.97. The first-order chi connectivity index (χ1) is 10.2. The molecule has 2 heterocycles. The SMILES string of the molecule is Cc1csc(=O)n1CCN1CCCC1Cc1ccccc1. The largest absolute Gasteiger partial charge is 0.307 e. The number of hydrogen-bond donors (Lipinski definition) is 0. The average molecular weight is 302 g/mol. The molecule has 1 aliphatic rings. The van der Waals surface area contributed by atoms with Gasteiger partial charge < -0.3 is 4.57 Å². The first-order valence-electron chi connectivity index (χ1n) is 7.67. The molecule has 0 bridgehead atoms. The number of rotatable bonds is 5. The van der Waals surface area contributed by atoms with Gasteiger partial charge in [-0.2, -0.15) is 0 Å². The highest BCUT2D eigenvalue weighted by atomic mass is 32.1. The summed E-state index contributed by atoms with van der Waals surface area (Å²) in [6.07, 6.45) is 3.67. The van der Waals surface area contributed by atoms with Gasteiger partial charge in [0, 0.05) is 30.2 Å².